The van der Waals surface area contributed by atoms with Crippen molar-refractivity contribution in [2.75, 3.05) is 12.9 Å². The molecule has 0 atom stereocenters. The third-order valence-corrected chi connectivity index (χ3v) is 4.57. The van der Waals surface area contributed by atoms with Crippen molar-refractivity contribution in [1.29, 1.82) is 0 Å². The van der Waals surface area contributed by atoms with Crippen LogP contribution in [0, 0.1) is 11.6 Å². The third kappa shape index (κ3) is 2.63. The van der Waals surface area contributed by atoms with Crippen LogP contribution in [-0.2, 0) is 4.74 Å². The molecule has 0 unspecified atom stereocenters. The molecule has 1 aromatic carbocycles. The summed E-state index contributed by atoms with van der Waals surface area (Å²) in [7, 11) is 0. The number of fused-ring (bicyclic) bond motifs is 1. The van der Waals surface area contributed by atoms with Crippen LogP contribution in [0.25, 0.3) is 10.9 Å². The summed E-state index contributed by atoms with van der Waals surface area (Å²) in [4.78, 5) is 24.9. The van der Waals surface area contributed by atoms with E-state index in [1.807, 2.05) is 0 Å². The Labute approximate surface area is 135 Å². The minimum absolute atomic E-state index is 0.00310. The molecule has 7 heteroatoms. The number of carbonyl (C=O) groups is 1. The molecule has 1 aliphatic carbocycles. The first-order valence-electron chi connectivity index (χ1n) is 7.28. The molecular formula is C16H15F2NO3S. The van der Waals surface area contributed by atoms with E-state index in [2.05, 4.69) is 0 Å². The van der Waals surface area contributed by atoms with Crippen LogP contribution in [0.5, 0.6) is 0 Å². The summed E-state index contributed by atoms with van der Waals surface area (Å²) in [6.07, 6.45) is 3.47. The molecule has 1 aromatic heterocycles. The number of carbonyl (C=O) groups excluding carboxylic acids is 1. The number of aromatic nitrogens is 1. The minimum Gasteiger partial charge on any atom is -0.462 e. The van der Waals surface area contributed by atoms with E-state index in [0.717, 1.165) is 25.0 Å². The smallest absolute Gasteiger partial charge is 0.344 e. The van der Waals surface area contributed by atoms with E-state index < -0.39 is 23.0 Å². The number of hydrogen-bond acceptors (Lipinski definition) is 4. The van der Waals surface area contributed by atoms with Crippen molar-refractivity contribution in [3.63, 3.8) is 0 Å². The Balaban J connectivity index is 2.43. The number of hydrogen-bond donors (Lipinski definition) is 0. The van der Waals surface area contributed by atoms with Gasteiger partial charge in [-0.2, -0.15) is 0 Å². The summed E-state index contributed by atoms with van der Waals surface area (Å²) in [6.45, 7) is 1.78. The normalized spacial score (nSPS) is 14.3. The average Bonchev–Trinajstić information content (AvgIpc) is 3.33. The molecule has 0 aliphatic heterocycles. The Bertz CT molecular complexity index is 859. The van der Waals surface area contributed by atoms with Crippen molar-refractivity contribution in [1.82, 2.24) is 4.57 Å². The van der Waals surface area contributed by atoms with Crippen molar-refractivity contribution in [3.8, 4) is 0 Å². The minimum atomic E-state index is -1.11. The summed E-state index contributed by atoms with van der Waals surface area (Å²) in [6, 6.07) is 1.97. The quantitative estimate of drug-likeness (QED) is 0.632. The van der Waals surface area contributed by atoms with Gasteiger partial charge in [0.1, 0.15) is 5.56 Å². The predicted molar refractivity (Wildman–Crippen MR) is 84.1 cm³/mol. The zero-order chi connectivity index (χ0) is 16.7. The Morgan fingerprint density at radius 1 is 1.35 bits per heavy atom. The summed E-state index contributed by atoms with van der Waals surface area (Å²) in [5, 5.41) is 0.436. The molecule has 1 saturated carbocycles. The lowest BCUT2D eigenvalue weighted by atomic mass is 10.1. The number of benzene rings is 1. The second kappa shape index (κ2) is 5.96. The molecule has 0 saturated heterocycles. The highest BCUT2D eigenvalue weighted by atomic mass is 32.2. The van der Waals surface area contributed by atoms with Crippen LogP contribution in [-0.4, -0.2) is 23.4 Å². The molecule has 0 radical (unpaired) electrons. The van der Waals surface area contributed by atoms with Crippen LogP contribution in [0.4, 0.5) is 8.78 Å². The maximum absolute atomic E-state index is 13.7. The zero-order valence-electron chi connectivity index (χ0n) is 12.7. The van der Waals surface area contributed by atoms with Crippen molar-refractivity contribution in [2.45, 2.75) is 30.8 Å². The molecule has 0 spiro atoms. The van der Waals surface area contributed by atoms with E-state index >= 15 is 0 Å². The fraction of sp³-hybridized carbons (Fsp3) is 0.375. The zero-order valence-corrected chi connectivity index (χ0v) is 13.5. The van der Waals surface area contributed by atoms with Crippen LogP contribution in [0.15, 0.2) is 22.0 Å². The summed E-state index contributed by atoms with van der Waals surface area (Å²) >= 11 is 1.23. The van der Waals surface area contributed by atoms with E-state index in [1.165, 1.54) is 11.8 Å². The number of halogens is 2. The Morgan fingerprint density at radius 2 is 2.00 bits per heavy atom. The van der Waals surface area contributed by atoms with Crippen molar-refractivity contribution >= 4 is 28.6 Å². The van der Waals surface area contributed by atoms with Crippen LogP contribution in [0.2, 0.25) is 0 Å². The topological polar surface area (TPSA) is 48.3 Å². The van der Waals surface area contributed by atoms with Crippen molar-refractivity contribution < 1.29 is 18.3 Å². The lowest BCUT2D eigenvalue weighted by Crippen LogP contribution is -2.23. The van der Waals surface area contributed by atoms with Gasteiger partial charge in [-0.3, -0.25) is 4.79 Å². The SMILES string of the molecule is CCOC(=O)c1c(SC)n(C2CC2)c2cc(F)c(F)cc2c1=O. The molecule has 1 heterocycles. The first-order valence-corrected chi connectivity index (χ1v) is 8.50. The Morgan fingerprint density at radius 3 is 2.57 bits per heavy atom. The van der Waals surface area contributed by atoms with Gasteiger partial charge >= 0.3 is 5.97 Å². The van der Waals surface area contributed by atoms with E-state index in [1.54, 1.807) is 17.7 Å². The first-order chi connectivity index (χ1) is 11.0. The van der Waals surface area contributed by atoms with Gasteiger partial charge in [-0.25, -0.2) is 13.6 Å². The molecule has 0 bridgehead atoms. The Hall–Kier alpha value is -1.89. The average molecular weight is 339 g/mol. The highest BCUT2D eigenvalue weighted by molar-refractivity contribution is 7.98. The number of thioether (sulfide) groups is 1. The van der Waals surface area contributed by atoms with Gasteiger partial charge in [0.05, 0.1) is 17.1 Å². The van der Waals surface area contributed by atoms with Gasteiger partial charge in [0.25, 0.3) is 0 Å². The standard InChI is InChI=1S/C16H15F2NO3S/c1-3-22-16(21)13-14(20)9-6-10(17)11(18)7-12(9)19(8-4-5-8)15(13)23-2/h6-8H,3-5H2,1-2H3. The van der Waals surface area contributed by atoms with Gasteiger partial charge in [-0.1, -0.05) is 0 Å². The molecule has 0 N–H and O–H groups in total. The van der Waals surface area contributed by atoms with Gasteiger partial charge in [-0.05, 0) is 32.1 Å². The summed E-state index contributed by atoms with van der Waals surface area (Å²) in [5.41, 5.74) is -0.419. The lowest BCUT2D eigenvalue weighted by Gasteiger charge is -2.18. The molecule has 23 heavy (non-hydrogen) atoms. The molecule has 122 valence electrons. The number of pyridine rings is 1. The van der Waals surface area contributed by atoms with Crippen molar-refractivity contribution in [2.24, 2.45) is 0 Å². The maximum atomic E-state index is 13.7. The number of nitrogens with zero attached hydrogens (tertiary/aromatic N) is 1. The second-order valence-electron chi connectivity index (χ2n) is 5.32. The molecular weight excluding hydrogens is 324 g/mol. The predicted octanol–water partition coefficient (Wildman–Crippen LogP) is 3.51. The number of rotatable bonds is 4. The fourth-order valence-electron chi connectivity index (χ4n) is 2.66. The van der Waals surface area contributed by atoms with Crippen molar-refractivity contribution in [3.05, 3.63) is 39.6 Å². The molecule has 0 amide bonds. The summed E-state index contributed by atoms with van der Waals surface area (Å²) in [5.74, 6) is -2.85. The second-order valence-corrected chi connectivity index (χ2v) is 6.11. The highest BCUT2D eigenvalue weighted by Gasteiger charge is 2.32. The van der Waals surface area contributed by atoms with E-state index in [4.69, 9.17) is 4.74 Å². The largest absolute Gasteiger partial charge is 0.462 e. The molecule has 1 aliphatic rings. The van der Waals surface area contributed by atoms with Gasteiger partial charge in [0, 0.05) is 17.5 Å². The molecule has 4 nitrogen and oxygen atoms in total. The number of ether oxygens (including phenoxy) is 1. The highest BCUT2D eigenvalue weighted by Crippen LogP contribution is 2.41. The monoisotopic (exact) mass is 339 g/mol. The van der Waals surface area contributed by atoms with Crippen LogP contribution >= 0.6 is 11.8 Å². The van der Waals surface area contributed by atoms with Crippen LogP contribution in [0.1, 0.15) is 36.2 Å². The van der Waals surface area contributed by atoms with E-state index in [9.17, 15) is 18.4 Å². The van der Waals surface area contributed by atoms with Gasteiger partial charge in [0.15, 0.2) is 11.6 Å². The van der Waals surface area contributed by atoms with Gasteiger partial charge < -0.3 is 9.30 Å². The van der Waals surface area contributed by atoms with Gasteiger partial charge in [0.2, 0.25) is 5.43 Å². The molecule has 3 rings (SSSR count). The maximum Gasteiger partial charge on any atom is 0.344 e. The van der Waals surface area contributed by atoms with Crippen LogP contribution in [0.3, 0.4) is 0 Å². The third-order valence-electron chi connectivity index (χ3n) is 3.79. The van der Waals surface area contributed by atoms with E-state index in [-0.39, 0.29) is 23.6 Å². The Kier molecular flexibility index (Phi) is 4.14. The summed E-state index contributed by atoms with van der Waals surface area (Å²) < 4.78 is 34.0. The van der Waals surface area contributed by atoms with Gasteiger partial charge in [-0.15, -0.1) is 11.8 Å². The van der Waals surface area contributed by atoms with Crippen LogP contribution < -0.4 is 5.43 Å². The fourth-order valence-corrected chi connectivity index (χ4v) is 3.48. The molecule has 2 aromatic rings. The molecule has 1 fully saturated rings. The van der Waals surface area contributed by atoms with E-state index in [0.29, 0.717) is 10.5 Å². The number of esters is 1. The first kappa shape index (κ1) is 16.0. The lowest BCUT2D eigenvalue weighted by molar-refractivity contribution is 0.0519.